The zero-order chi connectivity index (χ0) is 26.6. The summed E-state index contributed by atoms with van der Waals surface area (Å²) in [6.45, 7) is 10.5. The van der Waals surface area contributed by atoms with Crippen molar-refractivity contribution in [3.05, 3.63) is 51.9 Å². The molecule has 3 rings (SSSR count). The third-order valence-electron chi connectivity index (χ3n) is 6.04. The van der Waals surface area contributed by atoms with Crippen molar-refractivity contribution in [2.75, 3.05) is 20.3 Å². The number of rotatable bonds is 11. The predicted molar refractivity (Wildman–Crippen MR) is 140 cm³/mol. The third-order valence-corrected chi connectivity index (χ3v) is 6.04. The van der Waals surface area contributed by atoms with E-state index in [0.717, 1.165) is 28.0 Å². The Hall–Kier alpha value is -3.01. The number of aliphatic hydroxyl groups excluding tert-OH is 1. The summed E-state index contributed by atoms with van der Waals surface area (Å²) in [7, 11) is 3.40. The molecule has 2 heterocycles. The minimum absolute atomic E-state index is 0.00635. The summed E-state index contributed by atoms with van der Waals surface area (Å²) >= 11 is 0. The van der Waals surface area contributed by atoms with Crippen molar-refractivity contribution in [1.82, 2.24) is 19.4 Å². The van der Waals surface area contributed by atoms with E-state index in [4.69, 9.17) is 14.5 Å². The number of nitrogens with one attached hydrogen (secondary N) is 1. The summed E-state index contributed by atoms with van der Waals surface area (Å²) in [5, 5.41) is 13.2. The highest BCUT2D eigenvalue weighted by molar-refractivity contribution is 5.81. The van der Waals surface area contributed by atoms with Gasteiger partial charge in [-0.25, -0.2) is 4.98 Å². The number of aliphatic hydroxyl groups is 1. The molecule has 0 fully saturated rings. The summed E-state index contributed by atoms with van der Waals surface area (Å²) in [5.41, 5.74) is 4.08. The summed E-state index contributed by atoms with van der Waals surface area (Å²) < 4.78 is 14.4. The van der Waals surface area contributed by atoms with Gasteiger partial charge in [0.2, 0.25) is 0 Å². The molecule has 0 unspecified atom stereocenters. The number of aryl methyl sites for hydroxylation is 2. The maximum Gasteiger partial charge on any atom is 0.325 e. The molecule has 1 aromatic carbocycles. The summed E-state index contributed by atoms with van der Waals surface area (Å²) in [6, 6.07) is 6.97. The van der Waals surface area contributed by atoms with Gasteiger partial charge in [0.05, 0.1) is 36.4 Å². The van der Waals surface area contributed by atoms with Gasteiger partial charge in [0.25, 0.3) is 5.56 Å². The zero-order valence-electron chi connectivity index (χ0n) is 22.2. The average Bonchev–Trinajstić information content (AvgIpc) is 3.20. The van der Waals surface area contributed by atoms with Gasteiger partial charge in [0, 0.05) is 38.0 Å². The number of carbonyl (C=O) groups is 1. The highest BCUT2D eigenvalue weighted by Gasteiger charge is 2.25. The van der Waals surface area contributed by atoms with E-state index in [1.54, 1.807) is 38.8 Å². The number of imidazole rings is 1. The molecule has 2 aromatic heterocycles. The SMILES string of the molecule is COC[C@H](C)n1c(-c2cc(C)c(=O)n(C)c2)nc2cc(CN[C@H](C(=O)OCC(C)C)[C@@H](C)O)ccc21. The lowest BCUT2D eigenvalue weighted by Gasteiger charge is -2.21. The highest BCUT2D eigenvalue weighted by atomic mass is 16.5. The van der Waals surface area contributed by atoms with Crippen LogP contribution in [0.15, 0.2) is 35.3 Å². The second-order valence-electron chi connectivity index (χ2n) is 9.88. The Balaban J connectivity index is 1.95. The number of hydrogen-bond donors (Lipinski definition) is 2. The van der Waals surface area contributed by atoms with Crippen LogP contribution in [-0.2, 0) is 27.9 Å². The number of fused-ring (bicyclic) bond motifs is 1. The smallest absolute Gasteiger partial charge is 0.325 e. The normalized spacial score (nSPS) is 14.2. The topological polar surface area (TPSA) is 108 Å². The monoisotopic (exact) mass is 498 g/mol. The number of pyridine rings is 1. The van der Waals surface area contributed by atoms with E-state index < -0.39 is 18.1 Å². The summed E-state index contributed by atoms with van der Waals surface area (Å²) in [6.07, 6.45) is 0.896. The van der Waals surface area contributed by atoms with Crippen LogP contribution in [0.3, 0.4) is 0 Å². The minimum atomic E-state index is -0.901. The van der Waals surface area contributed by atoms with Gasteiger partial charge in [-0.2, -0.15) is 0 Å². The molecule has 0 spiro atoms. The largest absolute Gasteiger partial charge is 0.464 e. The number of nitrogens with zero attached hydrogens (tertiary/aromatic N) is 3. The number of hydrogen-bond acceptors (Lipinski definition) is 7. The van der Waals surface area contributed by atoms with Crippen LogP contribution in [0.4, 0.5) is 0 Å². The van der Waals surface area contributed by atoms with Gasteiger partial charge in [-0.3, -0.25) is 14.9 Å². The fourth-order valence-electron chi connectivity index (χ4n) is 4.24. The number of methoxy groups -OCH3 is 1. The summed E-state index contributed by atoms with van der Waals surface area (Å²) in [5.74, 6) is 0.494. The molecule has 3 atom stereocenters. The zero-order valence-corrected chi connectivity index (χ0v) is 22.2. The lowest BCUT2D eigenvalue weighted by molar-refractivity contribution is -0.150. The Kier molecular flexibility index (Phi) is 9.05. The number of ether oxygens (including phenoxy) is 2. The van der Waals surface area contributed by atoms with E-state index in [1.165, 1.54) is 0 Å². The van der Waals surface area contributed by atoms with E-state index in [-0.39, 0.29) is 17.5 Å². The van der Waals surface area contributed by atoms with E-state index in [9.17, 15) is 14.7 Å². The molecule has 0 aliphatic heterocycles. The van der Waals surface area contributed by atoms with E-state index in [1.807, 2.05) is 38.1 Å². The first-order chi connectivity index (χ1) is 17.0. The molecular formula is C27H38N4O5. The molecular weight excluding hydrogens is 460 g/mol. The van der Waals surface area contributed by atoms with Crippen LogP contribution >= 0.6 is 0 Å². The minimum Gasteiger partial charge on any atom is -0.464 e. The van der Waals surface area contributed by atoms with Gasteiger partial charge in [0.1, 0.15) is 11.9 Å². The molecule has 2 N–H and O–H groups in total. The highest BCUT2D eigenvalue weighted by Crippen LogP contribution is 2.29. The van der Waals surface area contributed by atoms with Crippen molar-refractivity contribution >= 4 is 17.0 Å². The van der Waals surface area contributed by atoms with Crippen LogP contribution in [0.5, 0.6) is 0 Å². The van der Waals surface area contributed by atoms with Crippen LogP contribution in [0, 0.1) is 12.8 Å². The van der Waals surface area contributed by atoms with Gasteiger partial charge in [-0.1, -0.05) is 19.9 Å². The summed E-state index contributed by atoms with van der Waals surface area (Å²) in [4.78, 5) is 29.6. The molecule has 9 heteroatoms. The van der Waals surface area contributed by atoms with Crippen molar-refractivity contribution in [3.63, 3.8) is 0 Å². The molecule has 0 amide bonds. The first-order valence-electron chi connectivity index (χ1n) is 12.3. The maximum absolute atomic E-state index is 12.4. The third kappa shape index (κ3) is 6.21. The quantitative estimate of drug-likeness (QED) is 0.391. The molecule has 0 aliphatic rings. The number of benzene rings is 1. The molecule has 3 aromatic rings. The number of carbonyl (C=O) groups excluding carboxylic acids is 1. The molecule has 9 nitrogen and oxygen atoms in total. The Morgan fingerprint density at radius 3 is 2.50 bits per heavy atom. The van der Waals surface area contributed by atoms with Crippen molar-refractivity contribution in [3.8, 4) is 11.4 Å². The van der Waals surface area contributed by atoms with E-state index >= 15 is 0 Å². The second-order valence-corrected chi connectivity index (χ2v) is 9.88. The molecule has 0 aliphatic carbocycles. The van der Waals surface area contributed by atoms with Crippen LogP contribution in [0.1, 0.15) is 44.9 Å². The molecule has 0 bridgehead atoms. The van der Waals surface area contributed by atoms with Gasteiger partial charge in [-0.15, -0.1) is 0 Å². The van der Waals surface area contributed by atoms with Crippen molar-refractivity contribution in [2.45, 2.75) is 59.4 Å². The van der Waals surface area contributed by atoms with Crippen LogP contribution < -0.4 is 10.9 Å². The lowest BCUT2D eigenvalue weighted by Crippen LogP contribution is -2.45. The van der Waals surface area contributed by atoms with Gasteiger partial charge in [0.15, 0.2) is 0 Å². The van der Waals surface area contributed by atoms with E-state index in [2.05, 4.69) is 16.8 Å². The Bertz CT molecular complexity index is 1230. The van der Waals surface area contributed by atoms with Crippen molar-refractivity contribution in [1.29, 1.82) is 0 Å². The second kappa shape index (κ2) is 11.8. The fraction of sp³-hybridized carbons (Fsp3) is 0.519. The van der Waals surface area contributed by atoms with Crippen molar-refractivity contribution in [2.24, 2.45) is 13.0 Å². The Morgan fingerprint density at radius 2 is 1.89 bits per heavy atom. The molecule has 36 heavy (non-hydrogen) atoms. The van der Waals surface area contributed by atoms with Crippen LogP contribution in [0.25, 0.3) is 22.4 Å². The fourth-order valence-corrected chi connectivity index (χ4v) is 4.24. The standard InChI is InChI=1S/C27H38N4O5/c1-16(2)14-36-27(34)24(19(5)32)28-12-20-8-9-23-22(11-20)29-25(31(23)18(4)15-35-7)21-10-17(3)26(33)30(6)13-21/h8-11,13,16,18-19,24,28,32H,12,14-15H2,1-7H3/t18-,19+,24-/m0/s1. The first kappa shape index (κ1) is 27.6. The maximum atomic E-state index is 12.4. The van der Waals surface area contributed by atoms with E-state index in [0.29, 0.717) is 25.3 Å². The van der Waals surface area contributed by atoms with Gasteiger partial charge in [-0.05, 0) is 50.5 Å². The average molecular weight is 499 g/mol. The van der Waals surface area contributed by atoms with Crippen LogP contribution in [0.2, 0.25) is 0 Å². The molecule has 196 valence electrons. The molecule has 0 saturated heterocycles. The number of esters is 1. The van der Waals surface area contributed by atoms with Gasteiger partial charge >= 0.3 is 5.97 Å². The molecule has 0 saturated carbocycles. The number of aromatic nitrogens is 3. The van der Waals surface area contributed by atoms with Crippen molar-refractivity contribution < 1.29 is 19.4 Å². The molecule has 0 radical (unpaired) electrons. The first-order valence-corrected chi connectivity index (χ1v) is 12.3. The predicted octanol–water partition coefficient (Wildman–Crippen LogP) is 2.96. The van der Waals surface area contributed by atoms with Crippen LogP contribution in [-0.4, -0.2) is 57.7 Å². The Labute approximate surface area is 212 Å². The van der Waals surface area contributed by atoms with Gasteiger partial charge < -0.3 is 23.7 Å². The lowest BCUT2D eigenvalue weighted by atomic mass is 10.1. The Morgan fingerprint density at radius 1 is 1.17 bits per heavy atom.